The first-order valence-corrected chi connectivity index (χ1v) is 29.9. The number of aliphatic hydroxyl groups excluding tert-OH is 24. The Kier molecular flexibility index (Phi) is 40.9. The molecule has 0 aliphatic carbocycles. The van der Waals surface area contributed by atoms with Crippen LogP contribution >= 0.6 is 81.2 Å². The van der Waals surface area contributed by atoms with Crippen LogP contribution in [0.5, 0.6) is 0 Å². The zero-order valence-electron chi connectivity index (χ0n) is 46.4. The Labute approximate surface area is 537 Å². The molecule has 0 aromatic heterocycles. The minimum absolute atomic E-state index is 0.453. The van der Waals surface area contributed by atoms with Crippen LogP contribution < -0.4 is 0 Å². The van der Waals surface area contributed by atoms with Crippen molar-refractivity contribution in [3.05, 3.63) is 57.6 Å². The minimum Gasteiger partial charge on any atom is -0.506 e. The number of hydrogen-bond acceptors (Lipinski definition) is 33. The Bertz CT molecular complexity index is 2150. The fourth-order valence-electron chi connectivity index (χ4n) is 7.49. The third-order valence-corrected chi connectivity index (χ3v) is 14.0. The Hall–Kier alpha value is -2.19. The second-order valence-corrected chi connectivity index (χ2v) is 21.4. The first kappa shape index (κ1) is 83.8. The molecule has 0 saturated heterocycles. The maximum absolute atomic E-state index is 11.1. The van der Waals surface area contributed by atoms with Crippen molar-refractivity contribution in [1.29, 1.82) is 0 Å². The normalized spacial score (nSPS) is 35.3. The van der Waals surface area contributed by atoms with Crippen LogP contribution in [-0.4, -0.2) is 306 Å². The Morgan fingerprint density at radius 2 is 0.591 bits per heavy atom. The van der Waals surface area contributed by atoms with Gasteiger partial charge in [0.15, 0.2) is 76.3 Å². The first-order chi connectivity index (χ1) is 41.3. The van der Waals surface area contributed by atoms with Crippen molar-refractivity contribution in [3.8, 4) is 0 Å². The summed E-state index contributed by atoms with van der Waals surface area (Å²) in [6.45, 7) is -0.363. The standard InChI is InChI=1S/C48H79Cl7O33/c1-17(57)26(58)41-25(16-56)88-87-24(8-15-55)33(65)40(72)47(78)85-22(6-13-53)31(63)38(70)45(76)83-20(4-11-51)29(61)36(68)43(74)81-18(2-9-49)27(59)34(66)42(73)80-19(3-10-50)28(60)35(67)44(75)82-21(5-12-52)30(62)37(69)46(77)84-23(7-14-54)32(64)39(71)48(79)86-41/h17-26,29,31,36,38,41-48,56-79H,2-16H2,1H3. The molecule has 88 heavy (non-hydrogen) atoms. The molecule has 1 rings (SSSR count). The number of aliphatic hydroxyl groups is 24. The second kappa shape index (κ2) is 42.9. The molecule has 33 nitrogen and oxygen atoms in total. The predicted molar refractivity (Wildman–Crippen MR) is 303 cm³/mol. The fourth-order valence-corrected chi connectivity index (χ4v) is 8.91. The van der Waals surface area contributed by atoms with E-state index in [1.54, 1.807) is 0 Å². The van der Waals surface area contributed by atoms with Crippen LogP contribution in [0.4, 0.5) is 0 Å². The SMILES string of the molecule is CC(O)C(O)C1OC(O)C(O)=C(O)C(CCCl)OC(O)C(O)=C(O)C(CCCl)OC(O)C(O)=C(O)C(CCCl)OC(O)C(O)=C(O)C(CCCl)OC(O)C(O)C(O)C(CCCl)OC(O)C(O)C(O)C(CCCl)OC(O)C(O)=C(O)C(CCCl)OOC1CO. The van der Waals surface area contributed by atoms with Gasteiger partial charge in [-0.3, -0.25) is 0 Å². The molecule has 1 heterocycles. The van der Waals surface area contributed by atoms with Crippen molar-refractivity contribution in [2.45, 2.75) is 187 Å². The van der Waals surface area contributed by atoms with Gasteiger partial charge in [0.1, 0.15) is 67.1 Å². The van der Waals surface area contributed by atoms with E-state index in [-0.39, 0.29) is 0 Å². The highest BCUT2D eigenvalue weighted by Gasteiger charge is 2.43. The summed E-state index contributed by atoms with van der Waals surface area (Å²) in [6, 6.07) is 0. The minimum atomic E-state index is -2.86. The van der Waals surface area contributed by atoms with Crippen LogP contribution in [0.25, 0.3) is 0 Å². The van der Waals surface area contributed by atoms with Crippen LogP contribution in [-0.2, 0) is 42.9 Å². The molecule has 0 aromatic carbocycles. The zero-order chi connectivity index (χ0) is 67.4. The lowest BCUT2D eigenvalue weighted by molar-refractivity contribution is -0.377. The van der Waals surface area contributed by atoms with E-state index in [0.717, 1.165) is 6.92 Å². The number of rotatable bonds is 17. The molecule has 1 aliphatic heterocycles. The van der Waals surface area contributed by atoms with Gasteiger partial charge in [0.2, 0.25) is 31.5 Å². The molecule has 0 fully saturated rings. The molecule has 1 aliphatic rings. The van der Waals surface area contributed by atoms with Crippen molar-refractivity contribution in [2.24, 2.45) is 0 Å². The van der Waals surface area contributed by atoms with E-state index in [1.807, 2.05) is 0 Å². The quantitative estimate of drug-likeness (QED) is 0.0664. The summed E-state index contributed by atoms with van der Waals surface area (Å²) in [5.74, 6) is -18.4. The van der Waals surface area contributed by atoms with Crippen molar-refractivity contribution in [1.82, 2.24) is 0 Å². The lowest BCUT2D eigenvalue weighted by Gasteiger charge is -2.35. The van der Waals surface area contributed by atoms with Gasteiger partial charge in [-0.15, -0.1) is 81.2 Å². The van der Waals surface area contributed by atoms with Gasteiger partial charge in [-0.2, -0.15) is 0 Å². The second-order valence-electron chi connectivity index (χ2n) is 18.8. The van der Waals surface area contributed by atoms with Crippen molar-refractivity contribution in [2.75, 3.05) is 47.8 Å². The van der Waals surface area contributed by atoms with Crippen LogP contribution in [0, 0.1) is 0 Å². The summed E-state index contributed by atoms with van der Waals surface area (Å²) >= 11 is 40.9. The Morgan fingerprint density at radius 1 is 0.318 bits per heavy atom. The zero-order valence-corrected chi connectivity index (χ0v) is 51.7. The monoisotopic (exact) mass is 1430 g/mol. The molecule has 24 N–H and O–H groups in total. The average Bonchev–Trinajstić information content (AvgIpc) is 3.71. The Balaban J connectivity index is 4.19. The molecule has 0 bridgehead atoms. The first-order valence-electron chi connectivity index (χ1n) is 26.2. The molecule has 518 valence electrons. The summed E-state index contributed by atoms with van der Waals surface area (Å²) in [4.78, 5) is 10.3. The van der Waals surface area contributed by atoms with Gasteiger partial charge in [-0.05, 0) is 51.9 Å². The molecule has 0 aromatic rings. The highest BCUT2D eigenvalue weighted by atomic mass is 35.5. The third-order valence-electron chi connectivity index (χ3n) is 12.5. The largest absolute Gasteiger partial charge is 0.506 e. The van der Waals surface area contributed by atoms with Crippen molar-refractivity contribution < 1.29 is 165 Å². The van der Waals surface area contributed by atoms with Gasteiger partial charge in [0, 0.05) is 41.2 Å². The number of alkyl halides is 7. The molecular weight excluding hydrogens is 1350 g/mol. The van der Waals surface area contributed by atoms with Crippen LogP contribution in [0.3, 0.4) is 0 Å². The van der Waals surface area contributed by atoms with E-state index in [1.165, 1.54) is 0 Å². The van der Waals surface area contributed by atoms with Gasteiger partial charge < -0.3 is 156 Å². The van der Waals surface area contributed by atoms with Gasteiger partial charge in [-0.25, -0.2) is 9.78 Å². The molecule has 0 amide bonds. The Morgan fingerprint density at radius 3 is 0.909 bits per heavy atom. The molecule has 0 spiro atoms. The number of halogens is 7. The van der Waals surface area contributed by atoms with Crippen LogP contribution in [0.2, 0.25) is 0 Å². The lowest BCUT2D eigenvalue weighted by Crippen LogP contribution is -2.52. The van der Waals surface area contributed by atoms with E-state index in [9.17, 15) is 123 Å². The van der Waals surface area contributed by atoms with Crippen molar-refractivity contribution >= 4 is 81.2 Å². The van der Waals surface area contributed by atoms with E-state index >= 15 is 0 Å². The topological polar surface area (TPSA) is 569 Å². The smallest absolute Gasteiger partial charge is 0.218 e. The van der Waals surface area contributed by atoms with E-state index in [2.05, 4.69) is 0 Å². The van der Waals surface area contributed by atoms with Gasteiger partial charge in [0.05, 0.1) is 24.9 Å². The van der Waals surface area contributed by atoms with E-state index in [4.69, 9.17) is 124 Å². The van der Waals surface area contributed by atoms with Gasteiger partial charge >= 0.3 is 0 Å². The highest BCUT2D eigenvalue weighted by Crippen LogP contribution is 2.29. The number of ether oxygens (including phenoxy) is 7. The molecular formula is C48H79Cl7O33. The van der Waals surface area contributed by atoms with E-state index < -0.39 is 286 Å². The summed E-state index contributed by atoms with van der Waals surface area (Å²) in [5, 5.41) is 262. The van der Waals surface area contributed by atoms with Crippen molar-refractivity contribution in [3.63, 3.8) is 0 Å². The molecule has 0 radical (unpaired) electrons. The molecule has 22 atom stereocenters. The van der Waals surface area contributed by atoms with Gasteiger partial charge in [-0.1, -0.05) is 0 Å². The predicted octanol–water partition coefficient (Wildman–Crippen LogP) is -0.171. The molecule has 22 unspecified atom stereocenters. The maximum atomic E-state index is 11.1. The van der Waals surface area contributed by atoms with Gasteiger partial charge in [0.25, 0.3) is 0 Å². The van der Waals surface area contributed by atoms with Crippen LogP contribution in [0.1, 0.15) is 51.9 Å². The lowest BCUT2D eigenvalue weighted by atomic mass is 10.0. The average molecular weight is 1430 g/mol. The molecule has 0 saturated carbocycles. The van der Waals surface area contributed by atoms with Crippen LogP contribution in [0.15, 0.2) is 57.6 Å². The number of hydrogen-bond donors (Lipinski definition) is 24. The third kappa shape index (κ3) is 25.6. The highest BCUT2D eigenvalue weighted by molar-refractivity contribution is 6.19. The maximum Gasteiger partial charge on any atom is 0.218 e. The summed E-state index contributed by atoms with van der Waals surface area (Å²) in [7, 11) is 0. The fraction of sp³-hybridized carbons (Fsp3) is 0.792. The molecule has 40 heteroatoms. The summed E-state index contributed by atoms with van der Waals surface area (Å²) in [5.41, 5.74) is 0. The summed E-state index contributed by atoms with van der Waals surface area (Å²) in [6.07, 6.45) is -56.0. The summed E-state index contributed by atoms with van der Waals surface area (Å²) < 4.78 is 36.5. The van der Waals surface area contributed by atoms with E-state index in [0.29, 0.717) is 0 Å².